The first kappa shape index (κ1) is 20.0. The number of nitrogens with zero attached hydrogens (tertiary/aromatic N) is 1. The Bertz CT molecular complexity index is 801. The van der Waals surface area contributed by atoms with Crippen LogP contribution in [0.2, 0.25) is 10.0 Å². The standard InChI is InChI=1S/C17H17Cl2N3O4/c1-10(16(24)22-15-13(19)8-11(18)9-21-15)26-17(25)12-4-2-3-5-14(12)20-6-7-23/h2-5,8-10,20,23H,6-7H2,1H3,(H,21,22,24)/t10-/m0/s1. The Morgan fingerprint density at radius 3 is 2.73 bits per heavy atom. The molecule has 0 bridgehead atoms. The number of carbonyl (C=O) groups is 2. The van der Waals surface area contributed by atoms with Crippen LogP contribution in [0.4, 0.5) is 11.5 Å². The zero-order valence-corrected chi connectivity index (χ0v) is 15.3. The van der Waals surface area contributed by atoms with E-state index in [-0.39, 0.29) is 29.6 Å². The van der Waals surface area contributed by atoms with Crippen LogP contribution < -0.4 is 10.6 Å². The van der Waals surface area contributed by atoms with Gasteiger partial charge in [0.25, 0.3) is 5.91 Å². The van der Waals surface area contributed by atoms with Gasteiger partial charge in [0.2, 0.25) is 0 Å². The third kappa shape index (κ3) is 5.32. The largest absolute Gasteiger partial charge is 0.449 e. The van der Waals surface area contributed by atoms with Gasteiger partial charge < -0.3 is 20.5 Å². The number of hydrogen-bond donors (Lipinski definition) is 3. The number of benzene rings is 1. The number of rotatable bonds is 7. The summed E-state index contributed by atoms with van der Waals surface area (Å²) in [5.41, 5.74) is 0.754. The molecule has 9 heteroatoms. The SMILES string of the molecule is C[C@H](OC(=O)c1ccccc1NCCO)C(=O)Nc1ncc(Cl)cc1Cl. The summed E-state index contributed by atoms with van der Waals surface area (Å²) in [5.74, 6) is -1.14. The molecule has 0 spiro atoms. The molecule has 0 radical (unpaired) electrons. The number of amides is 1. The maximum atomic E-state index is 12.3. The van der Waals surface area contributed by atoms with Crippen LogP contribution >= 0.6 is 23.2 Å². The van der Waals surface area contributed by atoms with Crippen molar-refractivity contribution in [1.82, 2.24) is 4.98 Å². The van der Waals surface area contributed by atoms with Crippen LogP contribution in [-0.4, -0.2) is 41.2 Å². The van der Waals surface area contributed by atoms with Gasteiger partial charge in [-0.25, -0.2) is 9.78 Å². The van der Waals surface area contributed by atoms with Crippen molar-refractivity contribution < 1.29 is 19.4 Å². The van der Waals surface area contributed by atoms with Crippen molar-refractivity contribution in [2.24, 2.45) is 0 Å². The minimum Gasteiger partial charge on any atom is -0.449 e. The van der Waals surface area contributed by atoms with Gasteiger partial charge in [-0.05, 0) is 25.1 Å². The van der Waals surface area contributed by atoms with Crippen molar-refractivity contribution in [3.63, 3.8) is 0 Å². The van der Waals surface area contributed by atoms with Crippen molar-refractivity contribution in [3.05, 3.63) is 52.1 Å². The molecule has 2 aromatic rings. The van der Waals surface area contributed by atoms with Crippen LogP contribution in [0.5, 0.6) is 0 Å². The Balaban J connectivity index is 2.03. The molecule has 26 heavy (non-hydrogen) atoms. The van der Waals surface area contributed by atoms with Crippen LogP contribution in [0.3, 0.4) is 0 Å². The highest BCUT2D eigenvalue weighted by atomic mass is 35.5. The fraction of sp³-hybridized carbons (Fsp3) is 0.235. The van der Waals surface area contributed by atoms with Crippen LogP contribution in [0, 0.1) is 0 Å². The molecular formula is C17H17Cl2N3O4. The zero-order valence-electron chi connectivity index (χ0n) is 13.8. The maximum absolute atomic E-state index is 12.3. The summed E-state index contributed by atoms with van der Waals surface area (Å²) >= 11 is 11.7. The summed E-state index contributed by atoms with van der Waals surface area (Å²) in [6.45, 7) is 1.62. The summed E-state index contributed by atoms with van der Waals surface area (Å²) in [6, 6.07) is 8.08. The molecule has 7 nitrogen and oxygen atoms in total. The Hall–Kier alpha value is -2.35. The van der Waals surface area contributed by atoms with Crippen LogP contribution in [0.15, 0.2) is 36.5 Å². The number of aliphatic hydroxyl groups excluding tert-OH is 1. The summed E-state index contributed by atoms with van der Waals surface area (Å²) in [4.78, 5) is 28.5. The number of pyridine rings is 1. The number of aromatic nitrogens is 1. The number of hydrogen-bond acceptors (Lipinski definition) is 6. The summed E-state index contributed by atoms with van der Waals surface area (Å²) in [6.07, 6.45) is 0.255. The van der Waals surface area contributed by atoms with E-state index in [1.807, 2.05) is 0 Å². The van der Waals surface area contributed by atoms with Gasteiger partial charge in [0.05, 0.1) is 22.2 Å². The van der Waals surface area contributed by atoms with Gasteiger partial charge in [0.15, 0.2) is 11.9 Å². The minimum atomic E-state index is -1.08. The fourth-order valence-electron chi connectivity index (χ4n) is 2.01. The molecule has 1 heterocycles. The molecule has 1 aromatic heterocycles. The Morgan fingerprint density at radius 2 is 2.04 bits per heavy atom. The number of nitrogens with one attached hydrogen (secondary N) is 2. The first-order valence-electron chi connectivity index (χ1n) is 7.69. The van der Waals surface area contributed by atoms with Gasteiger partial charge in [-0.2, -0.15) is 0 Å². The van der Waals surface area contributed by atoms with E-state index in [1.54, 1.807) is 24.3 Å². The molecule has 138 valence electrons. The first-order valence-corrected chi connectivity index (χ1v) is 8.44. The van der Waals surface area contributed by atoms with E-state index in [0.29, 0.717) is 10.7 Å². The monoisotopic (exact) mass is 397 g/mol. The van der Waals surface area contributed by atoms with E-state index in [2.05, 4.69) is 15.6 Å². The maximum Gasteiger partial charge on any atom is 0.341 e. The number of para-hydroxylation sites is 1. The topological polar surface area (TPSA) is 101 Å². The van der Waals surface area contributed by atoms with Crippen molar-refractivity contribution in [1.29, 1.82) is 0 Å². The minimum absolute atomic E-state index is 0.0863. The summed E-state index contributed by atoms with van der Waals surface area (Å²) in [5, 5.41) is 14.8. The van der Waals surface area contributed by atoms with Crippen molar-refractivity contribution in [3.8, 4) is 0 Å². The smallest absolute Gasteiger partial charge is 0.341 e. The number of aliphatic hydroxyl groups is 1. The van der Waals surface area contributed by atoms with Gasteiger partial charge in [-0.1, -0.05) is 35.3 Å². The second-order valence-corrected chi connectivity index (χ2v) is 6.06. The lowest BCUT2D eigenvalue weighted by atomic mass is 10.1. The van der Waals surface area contributed by atoms with Gasteiger partial charge >= 0.3 is 5.97 Å². The van der Waals surface area contributed by atoms with Crippen molar-refractivity contribution >= 4 is 46.6 Å². The highest BCUT2D eigenvalue weighted by molar-refractivity contribution is 6.36. The third-order valence-electron chi connectivity index (χ3n) is 3.28. The molecule has 0 saturated carbocycles. The second-order valence-electron chi connectivity index (χ2n) is 5.22. The van der Waals surface area contributed by atoms with E-state index in [4.69, 9.17) is 33.0 Å². The molecule has 1 aromatic carbocycles. The molecule has 1 atom stereocenters. The van der Waals surface area contributed by atoms with Gasteiger partial charge in [-0.15, -0.1) is 0 Å². The van der Waals surface area contributed by atoms with Crippen LogP contribution in [-0.2, 0) is 9.53 Å². The first-order chi connectivity index (χ1) is 12.4. The Morgan fingerprint density at radius 1 is 1.31 bits per heavy atom. The highest BCUT2D eigenvalue weighted by Gasteiger charge is 2.21. The highest BCUT2D eigenvalue weighted by Crippen LogP contribution is 2.23. The quantitative estimate of drug-likeness (QED) is 0.620. The predicted molar refractivity (Wildman–Crippen MR) is 99.8 cm³/mol. The number of anilines is 2. The average molecular weight is 398 g/mol. The molecule has 0 aliphatic rings. The predicted octanol–water partition coefficient (Wildman–Crippen LogP) is 2.98. The lowest BCUT2D eigenvalue weighted by Gasteiger charge is -2.15. The molecule has 0 aliphatic heterocycles. The Labute approximate surface area is 160 Å². The van der Waals surface area contributed by atoms with E-state index in [0.717, 1.165) is 0 Å². The number of halogens is 2. The van der Waals surface area contributed by atoms with Gasteiger partial charge in [0.1, 0.15) is 0 Å². The van der Waals surface area contributed by atoms with Crippen LogP contribution in [0.25, 0.3) is 0 Å². The molecule has 0 unspecified atom stereocenters. The summed E-state index contributed by atoms with van der Waals surface area (Å²) in [7, 11) is 0. The molecule has 0 saturated heterocycles. The summed E-state index contributed by atoms with van der Waals surface area (Å²) < 4.78 is 5.20. The van der Waals surface area contributed by atoms with Crippen LogP contribution in [0.1, 0.15) is 17.3 Å². The number of carbonyl (C=O) groups excluding carboxylic acids is 2. The normalized spacial score (nSPS) is 11.5. The van der Waals surface area contributed by atoms with Gasteiger partial charge in [0, 0.05) is 18.4 Å². The molecular weight excluding hydrogens is 381 g/mol. The second kappa shape index (κ2) is 9.38. The molecule has 2 rings (SSSR count). The number of ether oxygens (including phenoxy) is 1. The van der Waals surface area contributed by atoms with E-state index in [1.165, 1.54) is 19.2 Å². The molecule has 0 fully saturated rings. The molecule has 3 N–H and O–H groups in total. The van der Waals surface area contributed by atoms with E-state index < -0.39 is 18.0 Å². The lowest BCUT2D eigenvalue weighted by Crippen LogP contribution is -2.30. The van der Waals surface area contributed by atoms with Gasteiger partial charge in [-0.3, -0.25) is 4.79 Å². The molecule has 1 amide bonds. The fourth-order valence-corrected chi connectivity index (χ4v) is 2.44. The van der Waals surface area contributed by atoms with Crippen molar-refractivity contribution in [2.45, 2.75) is 13.0 Å². The molecule has 0 aliphatic carbocycles. The van der Waals surface area contributed by atoms with Crippen molar-refractivity contribution in [2.75, 3.05) is 23.8 Å². The van der Waals surface area contributed by atoms with E-state index >= 15 is 0 Å². The van der Waals surface area contributed by atoms with E-state index in [9.17, 15) is 9.59 Å². The number of esters is 1. The lowest BCUT2D eigenvalue weighted by molar-refractivity contribution is -0.123. The zero-order chi connectivity index (χ0) is 19.1. The third-order valence-corrected chi connectivity index (χ3v) is 3.77. The average Bonchev–Trinajstić information content (AvgIpc) is 2.62. The Kier molecular flexibility index (Phi) is 7.20.